The van der Waals surface area contributed by atoms with Gasteiger partial charge in [-0.2, -0.15) is 0 Å². The van der Waals surface area contributed by atoms with Crippen LogP contribution < -0.4 is 0 Å². The number of carbonyl (C=O) groups is 1. The lowest BCUT2D eigenvalue weighted by Gasteiger charge is -2.09. The Kier molecular flexibility index (Phi) is 17.2. The van der Waals surface area contributed by atoms with Gasteiger partial charge in [0.1, 0.15) is 0 Å². The molecule has 0 bridgehead atoms. The average molecular weight is 351 g/mol. The molecule has 3 heteroatoms. The lowest BCUT2D eigenvalue weighted by atomic mass is 10.0. The summed E-state index contributed by atoms with van der Waals surface area (Å²) in [6, 6.07) is 0. The first-order valence-corrected chi connectivity index (χ1v) is 9.80. The van der Waals surface area contributed by atoms with Gasteiger partial charge >= 0.3 is 5.97 Å². The number of allylic oxidation sites excluding steroid dienone is 6. The summed E-state index contributed by atoms with van der Waals surface area (Å²) in [7, 11) is 0. The van der Waals surface area contributed by atoms with Gasteiger partial charge in [-0.3, -0.25) is 4.79 Å². The number of unbranched alkanes of at least 4 members (excludes halogenated alkanes) is 4. The standard InChI is InChI=1S/C21H34O2S/c1-3-5-6-7-8-9-10-11-12-13-14-15-16-17-18-20(19-24)21(22)23-4-2/h5-6,8-9,11-12,19-20H,3-4,7,10,13-18H2,1-2H3. The van der Waals surface area contributed by atoms with Crippen molar-refractivity contribution in [3.63, 3.8) is 0 Å². The highest BCUT2D eigenvalue weighted by atomic mass is 32.1. The van der Waals surface area contributed by atoms with Crippen LogP contribution in [0.2, 0.25) is 0 Å². The Bertz CT molecular complexity index is 397. The first kappa shape index (κ1) is 22.8. The summed E-state index contributed by atoms with van der Waals surface area (Å²) in [6.45, 7) is 4.40. The van der Waals surface area contributed by atoms with Crippen molar-refractivity contribution in [3.8, 4) is 0 Å². The molecule has 0 aliphatic heterocycles. The number of esters is 1. The van der Waals surface area contributed by atoms with Gasteiger partial charge in [-0.25, -0.2) is 0 Å². The van der Waals surface area contributed by atoms with E-state index in [4.69, 9.17) is 17.0 Å². The minimum atomic E-state index is -0.209. The zero-order chi connectivity index (χ0) is 17.9. The number of hydrogen-bond acceptors (Lipinski definition) is 3. The molecule has 2 nitrogen and oxygen atoms in total. The van der Waals surface area contributed by atoms with Gasteiger partial charge in [-0.05, 0) is 50.8 Å². The maximum Gasteiger partial charge on any atom is 0.313 e. The molecule has 0 saturated heterocycles. The van der Waals surface area contributed by atoms with E-state index in [-0.39, 0.29) is 11.9 Å². The van der Waals surface area contributed by atoms with Crippen LogP contribution in [-0.4, -0.2) is 17.9 Å². The van der Waals surface area contributed by atoms with E-state index in [0.717, 1.165) is 44.9 Å². The molecule has 136 valence electrons. The van der Waals surface area contributed by atoms with Crippen molar-refractivity contribution in [2.75, 3.05) is 6.61 Å². The highest BCUT2D eigenvalue weighted by Gasteiger charge is 2.15. The molecule has 1 unspecified atom stereocenters. The van der Waals surface area contributed by atoms with Gasteiger partial charge in [0.05, 0.1) is 12.5 Å². The fourth-order valence-electron chi connectivity index (χ4n) is 2.30. The van der Waals surface area contributed by atoms with Crippen LogP contribution in [0.4, 0.5) is 0 Å². The zero-order valence-corrected chi connectivity index (χ0v) is 16.2. The van der Waals surface area contributed by atoms with Gasteiger partial charge in [-0.1, -0.05) is 74.9 Å². The second kappa shape index (κ2) is 18.1. The summed E-state index contributed by atoms with van der Waals surface area (Å²) in [5.41, 5.74) is 0. The fourth-order valence-corrected chi connectivity index (χ4v) is 2.54. The average Bonchev–Trinajstić information content (AvgIpc) is 2.58. The van der Waals surface area contributed by atoms with E-state index in [1.165, 1.54) is 12.8 Å². The second-order valence-corrected chi connectivity index (χ2v) is 6.05. The molecule has 0 aromatic rings. The van der Waals surface area contributed by atoms with E-state index in [1.54, 1.807) is 5.37 Å². The molecule has 0 aliphatic rings. The monoisotopic (exact) mass is 350 g/mol. The Morgan fingerprint density at radius 3 is 2.17 bits per heavy atom. The van der Waals surface area contributed by atoms with Crippen LogP contribution in [-0.2, 0) is 9.53 Å². The number of thiocarbonyl (C=S) groups is 1. The molecule has 24 heavy (non-hydrogen) atoms. The maximum atomic E-state index is 11.6. The third-order valence-corrected chi connectivity index (χ3v) is 4.00. The molecule has 1 atom stereocenters. The summed E-state index contributed by atoms with van der Waals surface area (Å²) >= 11 is 4.92. The quantitative estimate of drug-likeness (QED) is 0.149. The number of hydrogen-bond donors (Lipinski definition) is 0. The molecule has 0 aromatic heterocycles. The molecule has 0 saturated carbocycles. The molecule has 0 spiro atoms. The second-order valence-electron chi connectivity index (χ2n) is 5.78. The SMILES string of the molecule is CCC=CCC=CCC=CCCCCCCC(C=S)C(=O)OCC. The van der Waals surface area contributed by atoms with E-state index in [9.17, 15) is 4.79 Å². The molecule has 0 radical (unpaired) electrons. The van der Waals surface area contributed by atoms with Gasteiger partial charge < -0.3 is 4.74 Å². The molecule has 0 N–H and O–H groups in total. The van der Waals surface area contributed by atoms with Crippen LogP contribution in [0.5, 0.6) is 0 Å². The van der Waals surface area contributed by atoms with Crippen LogP contribution in [0.25, 0.3) is 0 Å². The predicted molar refractivity (Wildman–Crippen MR) is 108 cm³/mol. The maximum absolute atomic E-state index is 11.6. The van der Waals surface area contributed by atoms with E-state index < -0.39 is 0 Å². The molecule has 0 aliphatic carbocycles. The first-order chi connectivity index (χ1) is 11.8. The Morgan fingerprint density at radius 2 is 1.54 bits per heavy atom. The van der Waals surface area contributed by atoms with Gasteiger partial charge in [0.2, 0.25) is 0 Å². The topological polar surface area (TPSA) is 26.3 Å². The number of ether oxygens (including phenoxy) is 1. The molecule has 0 rings (SSSR count). The molecule has 0 aromatic carbocycles. The third-order valence-electron chi connectivity index (χ3n) is 3.67. The van der Waals surface area contributed by atoms with E-state index in [0.29, 0.717) is 6.61 Å². The summed E-state index contributed by atoms with van der Waals surface area (Å²) in [5, 5.41) is 1.55. The Labute approximate surface area is 154 Å². The summed E-state index contributed by atoms with van der Waals surface area (Å²) in [4.78, 5) is 11.6. The van der Waals surface area contributed by atoms with Crippen LogP contribution in [0.1, 0.15) is 71.6 Å². The predicted octanol–water partition coefficient (Wildman–Crippen LogP) is 6.36. The fraction of sp³-hybridized carbons (Fsp3) is 0.619. The van der Waals surface area contributed by atoms with Crippen molar-refractivity contribution in [2.45, 2.75) is 71.6 Å². The van der Waals surface area contributed by atoms with Crippen LogP contribution in [0.15, 0.2) is 36.5 Å². The van der Waals surface area contributed by atoms with Gasteiger partial charge in [0.15, 0.2) is 0 Å². The van der Waals surface area contributed by atoms with Gasteiger partial charge in [-0.15, -0.1) is 0 Å². The highest BCUT2D eigenvalue weighted by molar-refractivity contribution is 7.79. The normalized spacial score (nSPS) is 13.1. The van der Waals surface area contributed by atoms with Gasteiger partial charge in [0, 0.05) is 0 Å². The van der Waals surface area contributed by atoms with Crippen LogP contribution in [0.3, 0.4) is 0 Å². The number of carbonyl (C=O) groups excluding carboxylic acids is 1. The Hall–Kier alpha value is -1.22. The van der Waals surface area contributed by atoms with Crippen LogP contribution in [0, 0.1) is 5.92 Å². The van der Waals surface area contributed by atoms with Crippen molar-refractivity contribution in [2.24, 2.45) is 5.92 Å². The third kappa shape index (κ3) is 14.4. The smallest absolute Gasteiger partial charge is 0.313 e. The van der Waals surface area contributed by atoms with Crippen molar-refractivity contribution < 1.29 is 9.53 Å². The Balaban J connectivity index is 3.53. The zero-order valence-electron chi connectivity index (χ0n) is 15.4. The lowest BCUT2D eigenvalue weighted by Crippen LogP contribution is -2.18. The number of rotatable bonds is 15. The first-order valence-electron chi connectivity index (χ1n) is 9.33. The molecule has 0 fully saturated rings. The van der Waals surface area contributed by atoms with Crippen molar-refractivity contribution in [1.82, 2.24) is 0 Å². The van der Waals surface area contributed by atoms with E-state index in [1.807, 2.05) is 6.92 Å². The van der Waals surface area contributed by atoms with Crippen molar-refractivity contribution >= 4 is 23.6 Å². The molecular weight excluding hydrogens is 316 g/mol. The summed E-state index contributed by atoms with van der Waals surface area (Å²) in [6.07, 6.45) is 23.1. The van der Waals surface area contributed by atoms with E-state index in [2.05, 4.69) is 43.4 Å². The van der Waals surface area contributed by atoms with Crippen molar-refractivity contribution in [3.05, 3.63) is 36.5 Å². The van der Waals surface area contributed by atoms with E-state index >= 15 is 0 Å². The van der Waals surface area contributed by atoms with Crippen LogP contribution >= 0.6 is 12.2 Å². The van der Waals surface area contributed by atoms with Gasteiger partial charge in [0.25, 0.3) is 0 Å². The molecule has 0 heterocycles. The largest absolute Gasteiger partial charge is 0.466 e. The Morgan fingerprint density at radius 1 is 0.917 bits per heavy atom. The minimum Gasteiger partial charge on any atom is -0.466 e. The molecular formula is C21H34O2S. The minimum absolute atomic E-state index is 0.173. The molecule has 0 amide bonds. The highest BCUT2D eigenvalue weighted by Crippen LogP contribution is 2.12. The summed E-state index contributed by atoms with van der Waals surface area (Å²) < 4.78 is 5.01. The lowest BCUT2D eigenvalue weighted by molar-refractivity contribution is -0.145. The van der Waals surface area contributed by atoms with Crippen molar-refractivity contribution in [1.29, 1.82) is 0 Å². The summed E-state index contributed by atoms with van der Waals surface area (Å²) in [5.74, 6) is -0.382.